The van der Waals surface area contributed by atoms with Crippen LogP contribution in [0.15, 0.2) is 30.3 Å². The molecule has 0 bridgehead atoms. The number of piperidine rings is 1. The largest absolute Gasteiger partial charge is 0.395 e. The van der Waals surface area contributed by atoms with Gasteiger partial charge in [0, 0.05) is 19.1 Å². The zero-order valence-corrected chi connectivity index (χ0v) is 13.2. The van der Waals surface area contributed by atoms with Crippen molar-refractivity contribution in [2.75, 3.05) is 19.7 Å². The van der Waals surface area contributed by atoms with Gasteiger partial charge in [0.1, 0.15) is 0 Å². The van der Waals surface area contributed by atoms with Gasteiger partial charge in [0.2, 0.25) is 10.0 Å². The van der Waals surface area contributed by atoms with Crippen LogP contribution in [0.5, 0.6) is 0 Å². The smallest absolute Gasteiger partial charge is 0.216 e. The summed E-state index contributed by atoms with van der Waals surface area (Å²) in [6.07, 6.45) is 1.83. The van der Waals surface area contributed by atoms with Gasteiger partial charge in [0.15, 0.2) is 0 Å². The summed E-state index contributed by atoms with van der Waals surface area (Å²) in [5.41, 5.74) is 1.24. The first-order valence-electron chi connectivity index (χ1n) is 7.39. The third-order valence-corrected chi connectivity index (χ3v) is 5.74. The van der Waals surface area contributed by atoms with E-state index in [1.807, 2.05) is 18.2 Å². The Morgan fingerprint density at radius 1 is 1.38 bits per heavy atom. The van der Waals surface area contributed by atoms with Crippen molar-refractivity contribution in [2.24, 2.45) is 0 Å². The van der Waals surface area contributed by atoms with Gasteiger partial charge in [-0.3, -0.25) is 4.90 Å². The van der Waals surface area contributed by atoms with Gasteiger partial charge in [0.25, 0.3) is 0 Å². The minimum absolute atomic E-state index is 0.0681. The first-order chi connectivity index (χ1) is 10.0. The second kappa shape index (κ2) is 7.35. The Bertz CT molecular complexity index is 533. The average Bonchev–Trinajstić information content (AvgIpc) is 2.47. The Morgan fingerprint density at radius 3 is 2.76 bits per heavy atom. The zero-order valence-electron chi connectivity index (χ0n) is 12.4. The summed E-state index contributed by atoms with van der Waals surface area (Å²) in [7, 11) is -3.43. The molecule has 1 fully saturated rings. The maximum absolute atomic E-state index is 12.0. The van der Waals surface area contributed by atoms with Crippen LogP contribution in [0.25, 0.3) is 0 Å². The molecule has 1 aromatic rings. The highest BCUT2D eigenvalue weighted by Crippen LogP contribution is 2.15. The van der Waals surface area contributed by atoms with Gasteiger partial charge in [-0.1, -0.05) is 30.3 Å². The fraction of sp³-hybridized carbons (Fsp3) is 0.600. The standard InChI is InChI=1S/C15H24N2O3S/c1-13(12-18)21(19,20)16-15-8-5-9-17(11-15)10-14-6-3-2-4-7-14/h2-4,6-7,13,15-16,18H,5,8-12H2,1H3. The van der Waals surface area contributed by atoms with Crippen molar-refractivity contribution in [1.82, 2.24) is 9.62 Å². The number of likely N-dealkylation sites (tertiary alicyclic amines) is 1. The van der Waals surface area contributed by atoms with E-state index in [0.29, 0.717) is 6.54 Å². The summed E-state index contributed by atoms with van der Waals surface area (Å²) in [4.78, 5) is 2.27. The summed E-state index contributed by atoms with van der Waals surface area (Å²) in [6, 6.07) is 10.1. The van der Waals surface area contributed by atoms with Gasteiger partial charge in [0.05, 0.1) is 11.9 Å². The summed E-state index contributed by atoms with van der Waals surface area (Å²) >= 11 is 0. The molecule has 0 radical (unpaired) electrons. The monoisotopic (exact) mass is 312 g/mol. The molecule has 1 aliphatic heterocycles. The Labute approximate surface area is 127 Å². The number of hydrogen-bond acceptors (Lipinski definition) is 4. The second-order valence-corrected chi connectivity index (χ2v) is 7.85. The zero-order chi connectivity index (χ0) is 15.3. The van der Waals surface area contributed by atoms with Gasteiger partial charge in [-0.2, -0.15) is 0 Å². The SMILES string of the molecule is CC(CO)S(=O)(=O)NC1CCCN(Cc2ccccc2)C1. The Balaban J connectivity index is 1.92. The van der Waals surface area contributed by atoms with Crippen LogP contribution in [0.2, 0.25) is 0 Å². The van der Waals surface area contributed by atoms with Crippen molar-refractivity contribution in [3.05, 3.63) is 35.9 Å². The van der Waals surface area contributed by atoms with Crippen molar-refractivity contribution in [1.29, 1.82) is 0 Å². The molecule has 2 unspecified atom stereocenters. The van der Waals surface area contributed by atoms with E-state index in [1.54, 1.807) is 0 Å². The predicted molar refractivity (Wildman–Crippen MR) is 83.3 cm³/mol. The highest BCUT2D eigenvalue weighted by atomic mass is 32.2. The molecule has 0 aliphatic carbocycles. The van der Waals surface area contributed by atoms with E-state index < -0.39 is 15.3 Å². The fourth-order valence-corrected chi connectivity index (χ4v) is 3.67. The lowest BCUT2D eigenvalue weighted by molar-refractivity contribution is 0.194. The van der Waals surface area contributed by atoms with E-state index in [0.717, 1.165) is 25.9 Å². The Hall–Kier alpha value is -0.950. The molecular weight excluding hydrogens is 288 g/mol. The maximum Gasteiger partial charge on any atom is 0.216 e. The molecule has 118 valence electrons. The number of hydrogen-bond donors (Lipinski definition) is 2. The van der Waals surface area contributed by atoms with Crippen molar-refractivity contribution in [3.8, 4) is 0 Å². The van der Waals surface area contributed by atoms with Gasteiger partial charge in [-0.25, -0.2) is 13.1 Å². The fourth-order valence-electron chi connectivity index (χ4n) is 2.58. The first-order valence-corrected chi connectivity index (χ1v) is 8.94. The van der Waals surface area contributed by atoms with Crippen molar-refractivity contribution in [2.45, 2.75) is 37.6 Å². The highest BCUT2D eigenvalue weighted by molar-refractivity contribution is 7.90. The Kier molecular flexibility index (Phi) is 5.75. The molecule has 21 heavy (non-hydrogen) atoms. The van der Waals surface area contributed by atoms with Gasteiger partial charge in [-0.15, -0.1) is 0 Å². The molecule has 0 amide bonds. The van der Waals surface area contributed by atoms with E-state index in [2.05, 4.69) is 21.8 Å². The average molecular weight is 312 g/mol. The number of aliphatic hydroxyl groups is 1. The van der Waals surface area contributed by atoms with Crippen molar-refractivity contribution in [3.63, 3.8) is 0 Å². The van der Waals surface area contributed by atoms with Crippen LogP contribution >= 0.6 is 0 Å². The van der Waals surface area contributed by atoms with Crippen LogP contribution in [0.4, 0.5) is 0 Å². The summed E-state index contributed by atoms with van der Waals surface area (Å²) in [5.74, 6) is 0. The number of rotatable bonds is 6. The summed E-state index contributed by atoms with van der Waals surface area (Å²) < 4.78 is 26.7. The number of aliphatic hydroxyl groups excluding tert-OH is 1. The Morgan fingerprint density at radius 2 is 2.10 bits per heavy atom. The highest BCUT2D eigenvalue weighted by Gasteiger charge is 2.27. The molecule has 0 spiro atoms. The number of nitrogens with one attached hydrogen (secondary N) is 1. The molecular formula is C15H24N2O3S. The van der Waals surface area contributed by atoms with Crippen LogP contribution in [0.3, 0.4) is 0 Å². The molecule has 2 rings (SSSR count). The number of benzene rings is 1. The van der Waals surface area contributed by atoms with Crippen LogP contribution < -0.4 is 4.72 Å². The molecule has 0 saturated carbocycles. The van der Waals surface area contributed by atoms with E-state index in [-0.39, 0.29) is 12.6 Å². The molecule has 5 nitrogen and oxygen atoms in total. The predicted octanol–water partition coefficient (Wildman–Crippen LogP) is 0.951. The molecule has 1 saturated heterocycles. The van der Waals surface area contributed by atoms with Crippen molar-refractivity contribution < 1.29 is 13.5 Å². The molecule has 6 heteroatoms. The van der Waals surface area contributed by atoms with Crippen LogP contribution in [0, 0.1) is 0 Å². The molecule has 2 N–H and O–H groups in total. The minimum atomic E-state index is -3.43. The normalized spacial score (nSPS) is 22.1. The third-order valence-electron chi connectivity index (χ3n) is 3.87. The van der Waals surface area contributed by atoms with Crippen LogP contribution in [-0.2, 0) is 16.6 Å². The third kappa shape index (κ3) is 4.78. The van der Waals surface area contributed by atoms with Gasteiger partial charge in [-0.05, 0) is 31.9 Å². The molecule has 1 aromatic carbocycles. The lowest BCUT2D eigenvalue weighted by Crippen LogP contribution is -2.49. The van der Waals surface area contributed by atoms with Crippen molar-refractivity contribution >= 4 is 10.0 Å². The molecule has 2 atom stereocenters. The lowest BCUT2D eigenvalue weighted by atomic mass is 10.1. The first kappa shape index (κ1) is 16.4. The molecule has 1 heterocycles. The summed E-state index contributed by atoms with van der Waals surface area (Å²) in [6.45, 7) is 3.71. The lowest BCUT2D eigenvalue weighted by Gasteiger charge is -2.33. The number of sulfonamides is 1. The summed E-state index contributed by atoms with van der Waals surface area (Å²) in [5, 5.41) is 8.26. The van der Waals surface area contributed by atoms with Gasteiger partial charge < -0.3 is 5.11 Å². The van der Waals surface area contributed by atoms with E-state index in [4.69, 9.17) is 5.11 Å². The topological polar surface area (TPSA) is 69.6 Å². The van der Waals surface area contributed by atoms with Gasteiger partial charge >= 0.3 is 0 Å². The van der Waals surface area contributed by atoms with E-state index in [1.165, 1.54) is 12.5 Å². The number of nitrogens with zero attached hydrogens (tertiary/aromatic N) is 1. The molecule has 0 aromatic heterocycles. The maximum atomic E-state index is 12.0. The minimum Gasteiger partial charge on any atom is -0.395 e. The van der Waals surface area contributed by atoms with E-state index >= 15 is 0 Å². The quantitative estimate of drug-likeness (QED) is 0.820. The van der Waals surface area contributed by atoms with E-state index in [9.17, 15) is 8.42 Å². The second-order valence-electron chi connectivity index (χ2n) is 5.72. The molecule has 1 aliphatic rings. The van der Waals surface area contributed by atoms with Crippen LogP contribution in [0.1, 0.15) is 25.3 Å². The van der Waals surface area contributed by atoms with Crippen LogP contribution in [-0.4, -0.2) is 49.4 Å².